The largest absolute Gasteiger partial charge is 0.354 e. The maximum absolute atomic E-state index is 9.37. The highest BCUT2D eigenvalue weighted by atomic mass is 35.5. The number of anilines is 2. The van der Waals surface area contributed by atoms with Crippen LogP contribution in [-0.2, 0) is 0 Å². The van der Waals surface area contributed by atoms with Gasteiger partial charge in [0.05, 0.1) is 16.8 Å². The van der Waals surface area contributed by atoms with Crippen LogP contribution in [0.2, 0.25) is 5.02 Å². The minimum Gasteiger partial charge on any atom is -0.354 e. The second-order valence-electron chi connectivity index (χ2n) is 5.27. The molecule has 0 saturated heterocycles. The van der Waals surface area contributed by atoms with Gasteiger partial charge >= 0.3 is 0 Å². The van der Waals surface area contributed by atoms with Crippen molar-refractivity contribution in [3.05, 3.63) is 64.3 Å². The molecular weight excluding hydrogens is 294 g/mol. The molecule has 0 bridgehead atoms. The molecule has 0 radical (unpaired) electrons. The number of fused-ring (bicyclic) bond motifs is 1. The van der Waals surface area contributed by atoms with Crippen molar-refractivity contribution in [1.29, 1.82) is 5.26 Å². The zero-order valence-electron chi connectivity index (χ0n) is 12.3. The van der Waals surface area contributed by atoms with E-state index in [1.807, 2.05) is 50.2 Å². The summed E-state index contributed by atoms with van der Waals surface area (Å²) in [4.78, 5) is 4.34. The lowest BCUT2D eigenvalue weighted by molar-refractivity contribution is 1.35. The number of nitrogens with one attached hydrogen (secondary N) is 1. The van der Waals surface area contributed by atoms with Gasteiger partial charge in [-0.05, 0) is 43.7 Å². The van der Waals surface area contributed by atoms with E-state index in [2.05, 4.69) is 16.4 Å². The van der Waals surface area contributed by atoms with Crippen LogP contribution in [0.25, 0.3) is 10.9 Å². The van der Waals surface area contributed by atoms with E-state index in [-0.39, 0.29) is 0 Å². The van der Waals surface area contributed by atoms with E-state index in [9.17, 15) is 5.26 Å². The van der Waals surface area contributed by atoms with Gasteiger partial charge < -0.3 is 5.32 Å². The number of rotatable bonds is 2. The monoisotopic (exact) mass is 307 g/mol. The Kier molecular flexibility index (Phi) is 3.70. The van der Waals surface area contributed by atoms with Gasteiger partial charge in [0.1, 0.15) is 6.07 Å². The van der Waals surface area contributed by atoms with Crippen LogP contribution in [0.3, 0.4) is 0 Å². The summed E-state index contributed by atoms with van der Waals surface area (Å²) in [6.45, 7) is 3.98. The summed E-state index contributed by atoms with van der Waals surface area (Å²) in [7, 11) is 0. The van der Waals surface area contributed by atoms with Crippen LogP contribution in [0.4, 0.5) is 11.4 Å². The second kappa shape index (κ2) is 5.67. The van der Waals surface area contributed by atoms with Gasteiger partial charge in [-0.2, -0.15) is 5.26 Å². The van der Waals surface area contributed by atoms with E-state index in [0.717, 1.165) is 33.4 Å². The molecule has 1 N–H and O–H groups in total. The third-order valence-corrected chi connectivity index (χ3v) is 3.99. The van der Waals surface area contributed by atoms with E-state index in [4.69, 9.17) is 11.6 Å². The number of benzene rings is 2. The maximum Gasteiger partial charge on any atom is 0.103 e. The Bertz CT molecular complexity index is 910. The fraction of sp³-hybridized carbons (Fsp3) is 0.111. The molecule has 1 heterocycles. The quantitative estimate of drug-likeness (QED) is 0.714. The number of nitriles is 1. The Morgan fingerprint density at radius 1 is 1.14 bits per heavy atom. The lowest BCUT2D eigenvalue weighted by Crippen LogP contribution is -1.97. The third-order valence-electron chi connectivity index (χ3n) is 3.59. The first kappa shape index (κ1) is 14.4. The van der Waals surface area contributed by atoms with Gasteiger partial charge in [0.15, 0.2) is 0 Å². The molecule has 0 unspecified atom stereocenters. The van der Waals surface area contributed by atoms with Crippen molar-refractivity contribution in [3.63, 3.8) is 0 Å². The Hall–Kier alpha value is -2.57. The average molecular weight is 308 g/mol. The Balaban J connectivity index is 2.17. The Morgan fingerprint density at radius 3 is 2.68 bits per heavy atom. The lowest BCUT2D eigenvalue weighted by Gasteiger charge is -2.12. The fourth-order valence-electron chi connectivity index (χ4n) is 2.34. The smallest absolute Gasteiger partial charge is 0.103 e. The van der Waals surface area contributed by atoms with Crippen molar-refractivity contribution in [2.45, 2.75) is 13.8 Å². The number of hydrogen-bond donors (Lipinski definition) is 1. The number of pyridine rings is 1. The lowest BCUT2D eigenvalue weighted by atomic mass is 10.1. The zero-order chi connectivity index (χ0) is 15.7. The van der Waals surface area contributed by atoms with Crippen molar-refractivity contribution in [1.82, 2.24) is 4.98 Å². The molecule has 0 amide bonds. The van der Waals surface area contributed by atoms with Crippen LogP contribution < -0.4 is 5.32 Å². The van der Waals surface area contributed by atoms with Gasteiger partial charge in [-0.1, -0.05) is 29.3 Å². The molecule has 0 atom stereocenters. The standard InChI is InChI=1S/C18H14ClN3/c1-11-3-6-17-15(7-11)18(13(9-20)10-21-17)22-14-5-4-12(2)16(19)8-14/h3-8,10H,1-2H3,(H,21,22). The van der Waals surface area contributed by atoms with Gasteiger partial charge in [-0.3, -0.25) is 4.98 Å². The Morgan fingerprint density at radius 2 is 1.95 bits per heavy atom. The molecule has 3 nitrogen and oxygen atoms in total. The Labute approximate surface area is 134 Å². The van der Waals surface area contributed by atoms with Crippen molar-refractivity contribution in [2.24, 2.45) is 0 Å². The van der Waals surface area contributed by atoms with Crippen molar-refractivity contribution < 1.29 is 0 Å². The van der Waals surface area contributed by atoms with Crippen LogP contribution in [0.1, 0.15) is 16.7 Å². The van der Waals surface area contributed by atoms with E-state index in [0.29, 0.717) is 10.6 Å². The van der Waals surface area contributed by atoms with Gasteiger partial charge in [0, 0.05) is 22.3 Å². The molecule has 0 aliphatic heterocycles. The summed E-state index contributed by atoms with van der Waals surface area (Å²) in [5, 5.41) is 14.3. The predicted molar refractivity (Wildman–Crippen MR) is 90.7 cm³/mol. The maximum atomic E-state index is 9.37. The summed E-state index contributed by atoms with van der Waals surface area (Å²) < 4.78 is 0. The third kappa shape index (κ3) is 2.61. The molecule has 22 heavy (non-hydrogen) atoms. The molecule has 1 aromatic heterocycles. The molecule has 3 aromatic rings. The molecule has 3 rings (SSSR count). The first-order valence-corrected chi connectivity index (χ1v) is 7.29. The molecular formula is C18H14ClN3. The van der Waals surface area contributed by atoms with E-state index < -0.39 is 0 Å². The number of halogens is 1. The van der Waals surface area contributed by atoms with Crippen LogP contribution in [0.5, 0.6) is 0 Å². The molecule has 0 spiro atoms. The summed E-state index contributed by atoms with van der Waals surface area (Å²) in [5.74, 6) is 0. The summed E-state index contributed by atoms with van der Waals surface area (Å²) in [5.41, 5.74) is 5.11. The molecule has 108 valence electrons. The van der Waals surface area contributed by atoms with Crippen LogP contribution in [0.15, 0.2) is 42.6 Å². The first-order valence-electron chi connectivity index (χ1n) is 6.91. The van der Waals surface area contributed by atoms with E-state index in [1.54, 1.807) is 6.20 Å². The minimum absolute atomic E-state index is 0.509. The van der Waals surface area contributed by atoms with Gasteiger partial charge in [-0.25, -0.2) is 0 Å². The number of hydrogen-bond acceptors (Lipinski definition) is 3. The minimum atomic E-state index is 0.509. The van der Waals surface area contributed by atoms with Crippen molar-refractivity contribution in [3.8, 4) is 6.07 Å². The second-order valence-corrected chi connectivity index (χ2v) is 5.68. The molecule has 0 aliphatic carbocycles. The highest BCUT2D eigenvalue weighted by Gasteiger charge is 2.10. The topological polar surface area (TPSA) is 48.7 Å². The van der Waals surface area contributed by atoms with Crippen LogP contribution >= 0.6 is 11.6 Å². The van der Waals surface area contributed by atoms with E-state index >= 15 is 0 Å². The SMILES string of the molecule is Cc1ccc2ncc(C#N)c(Nc3ccc(C)c(Cl)c3)c2c1. The van der Waals surface area contributed by atoms with E-state index in [1.165, 1.54) is 0 Å². The van der Waals surface area contributed by atoms with Crippen molar-refractivity contribution >= 4 is 33.9 Å². The van der Waals surface area contributed by atoms with Crippen molar-refractivity contribution in [2.75, 3.05) is 5.32 Å². The summed E-state index contributed by atoms with van der Waals surface area (Å²) >= 11 is 6.18. The predicted octanol–water partition coefficient (Wildman–Crippen LogP) is 5.12. The van der Waals surface area contributed by atoms with Gasteiger partial charge in [-0.15, -0.1) is 0 Å². The first-order chi connectivity index (χ1) is 10.6. The van der Waals surface area contributed by atoms with Gasteiger partial charge in [0.25, 0.3) is 0 Å². The molecule has 0 fully saturated rings. The number of aromatic nitrogens is 1. The number of nitrogens with zero attached hydrogens (tertiary/aromatic N) is 2. The highest BCUT2D eigenvalue weighted by Crippen LogP contribution is 2.30. The molecule has 2 aromatic carbocycles. The van der Waals surface area contributed by atoms with Crippen LogP contribution in [0, 0.1) is 25.2 Å². The molecule has 0 aliphatic rings. The van der Waals surface area contributed by atoms with Gasteiger partial charge in [0.2, 0.25) is 0 Å². The number of aryl methyl sites for hydroxylation is 2. The molecule has 0 saturated carbocycles. The average Bonchev–Trinajstić information content (AvgIpc) is 2.51. The summed E-state index contributed by atoms with van der Waals surface area (Å²) in [6, 6.07) is 13.9. The zero-order valence-corrected chi connectivity index (χ0v) is 13.1. The van der Waals surface area contributed by atoms with Crippen LogP contribution in [-0.4, -0.2) is 4.98 Å². The summed E-state index contributed by atoms with van der Waals surface area (Å²) in [6.07, 6.45) is 1.59. The highest BCUT2D eigenvalue weighted by molar-refractivity contribution is 6.31. The fourth-order valence-corrected chi connectivity index (χ4v) is 2.52. The molecule has 4 heteroatoms. The normalized spacial score (nSPS) is 10.5.